The number of phenolic OH excluding ortho intramolecular Hbond substituents is 1. The van der Waals surface area contributed by atoms with Crippen molar-refractivity contribution in [1.82, 2.24) is 0 Å². The molecule has 3 N–H and O–H groups in total. The van der Waals surface area contributed by atoms with Crippen LogP contribution in [0.3, 0.4) is 0 Å². The van der Waals surface area contributed by atoms with Crippen molar-refractivity contribution in [2.75, 3.05) is 5.32 Å². The number of aromatic carboxylic acids is 1. The Morgan fingerprint density at radius 1 is 1.00 bits per heavy atom. The highest BCUT2D eigenvalue weighted by molar-refractivity contribution is 6.02. The minimum Gasteiger partial charge on any atom is -0.506 e. The number of aromatic hydroxyl groups is 1. The Morgan fingerprint density at radius 3 is 2.38 bits per heavy atom. The van der Waals surface area contributed by atoms with Crippen LogP contribution in [0.5, 0.6) is 5.75 Å². The third-order valence-electron chi connectivity index (χ3n) is 3.02. The topological polar surface area (TPSA) is 86.6 Å². The van der Waals surface area contributed by atoms with E-state index < -0.39 is 5.97 Å². The molecule has 2 aromatic rings. The van der Waals surface area contributed by atoms with Gasteiger partial charge in [0.05, 0.1) is 11.3 Å². The summed E-state index contributed by atoms with van der Waals surface area (Å²) in [5.41, 5.74) is 0.814. The van der Waals surface area contributed by atoms with Crippen molar-refractivity contribution in [2.45, 2.75) is 12.8 Å². The van der Waals surface area contributed by atoms with E-state index >= 15 is 0 Å². The van der Waals surface area contributed by atoms with Crippen LogP contribution in [0.25, 0.3) is 0 Å². The zero-order valence-corrected chi connectivity index (χ0v) is 11.2. The van der Waals surface area contributed by atoms with Gasteiger partial charge < -0.3 is 15.5 Å². The van der Waals surface area contributed by atoms with Crippen LogP contribution >= 0.6 is 0 Å². The first-order valence-electron chi connectivity index (χ1n) is 6.47. The van der Waals surface area contributed by atoms with E-state index in [2.05, 4.69) is 5.32 Å². The zero-order valence-electron chi connectivity index (χ0n) is 11.2. The van der Waals surface area contributed by atoms with E-state index in [1.807, 2.05) is 30.3 Å². The van der Waals surface area contributed by atoms with E-state index in [1.165, 1.54) is 18.2 Å². The van der Waals surface area contributed by atoms with Gasteiger partial charge in [0, 0.05) is 6.42 Å². The normalized spacial score (nSPS) is 10.1. The van der Waals surface area contributed by atoms with Crippen molar-refractivity contribution < 1.29 is 19.8 Å². The molecule has 0 radical (unpaired) electrons. The quantitative estimate of drug-likeness (QED) is 0.737. The molecule has 0 aliphatic heterocycles. The summed E-state index contributed by atoms with van der Waals surface area (Å²) >= 11 is 0. The summed E-state index contributed by atoms with van der Waals surface area (Å²) in [5, 5.41) is 21.2. The summed E-state index contributed by atoms with van der Waals surface area (Å²) in [4.78, 5) is 23.0. The second-order valence-corrected chi connectivity index (χ2v) is 4.54. The molecule has 0 heterocycles. The van der Waals surface area contributed by atoms with Crippen molar-refractivity contribution in [3.05, 3.63) is 59.7 Å². The molecule has 0 unspecified atom stereocenters. The number of phenols is 1. The molecule has 5 heteroatoms. The number of aryl methyl sites for hydroxylation is 1. The Kier molecular flexibility index (Phi) is 4.56. The number of carboxylic acid groups (broad SMARTS) is 1. The van der Waals surface area contributed by atoms with Gasteiger partial charge in [-0.25, -0.2) is 4.79 Å². The van der Waals surface area contributed by atoms with E-state index in [1.54, 1.807) is 0 Å². The number of hydrogen-bond donors (Lipinski definition) is 3. The van der Waals surface area contributed by atoms with Crippen LogP contribution in [0, 0.1) is 0 Å². The molecule has 0 bridgehead atoms. The van der Waals surface area contributed by atoms with Gasteiger partial charge in [-0.15, -0.1) is 0 Å². The largest absolute Gasteiger partial charge is 0.506 e. The molecule has 2 rings (SSSR count). The number of carboxylic acids is 1. The monoisotopic (exact) mass is 285 g/mol. The summed E-state index contributed by atoms with van der Waals surface area (Å²) in [6.07, 6.45) is 0.750. The minimum absolute atomic E-state index is 0.0666. The molecule has 21 heavy (non-hydrogen) atoms. The number of carbonyl (C=O) groups excluding carboxylic acids is 1. The Hall–Kier alpha value is -2.82. The number of nitrogens with one attached hydrogen (secondary N) is 1. The van der Waals surface area contributed by atoms with Crippen LogP contribution in [0.15, 0.2) is 48.5 Å². The maximum Gasteiger partial charge on any atom is 0.337 e. The molecular formula is C16H15NO4. The molecule has 0 aliphatic rings. The Balaban J connectivity index is 2.05. The predicted molar refractivity (Wildman–Crippen MR) is 78.5 cm³/mol. The van der Waals surface area contributed by atoms with Gasteiger partial charge >= 0.3 is 5.97 Å². The van der Waals surface area contributed by atoms with Gasteiger partial charge in [-0.05, 0) is 24.1 Å². The van der Waals surface area contributed by atoms with Crippen molar-refractivity contribution in [3.63, 3.8) is 0 Å². The third-order valence-corrected chi connectivity index (χ3v) is 3.02. The van der Waals surface area contributed by atoms with Crippen LogP contribution in [-0.4, -0.2) is 22.1 Å². The molecule has 108 valence electrons. The molecule has 0 spiro atoms. The maximum atomic E-state index is 11.9. The van der Waals surface area contributed by atoms with Crippen LogP contribution in [-0.2, 0) is 11.2 Å². The Labute approximate surface area is 121 Å². The fraction of sp³-hybridized carbons (Fsp3) is 0.125. The highest BCUT2D eigenvalue weighted by atomic mass is 16.4. The molecule has 0 saturated carbocycles. The number of amides is 1. The van der Waals surface area contributed by atoms with E-state index in [0.717, 1.165) is 5.56 Å². The maximum absolute atomic E-state index is 11.9. The Morgan fingerprint density at radius 2 is 1.71 bits per heavy atom. The number of benzene rings is 2. The molecule has 0 saturated heterocycles. The predicted octanol–water partition coefficient (Wildman–Crippen LogP) is 2.66. The fourth-order valence-electron chi connectivity index (χ4n) is 1.95. The van der Waals surface area contributed by atoms with Gasteiger partial charge in [0.25, 0.3) is 0 Å². The number of anilines is 1. The van der Waals surface area contributed by atoms with Gasteiger partial charge in [0.2, 0.25) is 5.91 Å². The number of hydrogen-bond acceptors (Lipinski definition) is 3. The van der Waals surface area contributed by atoms with Crippen LogP contribution in [0.1, 0.15) is 22.3 Å². The molecule has 0 aromatic heterocycles. The summed E-state index contributed by atoms with van der Waals surface area (Å²) in [5.74, 6) is -1.81. The molecule has 5 nitrogen and oxygen atoms in total. The summed E-state index contributed by atoms with van der Waals surface area (Å²) < 4.78 is 0. The molecule has 1 amide bonds. The van der Waals surface area contributed by atoms with E-state index in [0.29, 0.717) is 6.42 Å². The Bertz CT molecular complexity index is 653. The minimum atomic E-state index is -1.20. The van der Waals surface area contributed by atoms with Gasteiger partial charge in [-0.3, -0.25) is 4.79 Å². The van der Waals surface area contributed by atoms with Crippen molar-refractivity contribution >= 4 is 17.6 Å². The first-order chi connectivity index (χ1) is 10.1. The lowest BCUT2D eigenvalue weighted by Gasteiger charge is -2.10. The lowest BCUT2D eigenvalue weighted by molar-refractivity contribution is -0.116. The standard InChI is InChI=1S/C16H15NO4/c18-13-8-4-7-12(16(20)21)15(13)17-14(19)10-9-11-5-2-1-3-6-11/h1-8,18H,9-10H2,(H,17,19)(H,20,21). The lowest BCUT2D eigenvalue weighted by Crippen LogP contribution is -2.15. The average Bonchev–Trinajstić information content (AvgIpc) is 2.48. The SMILES string of the molecule is O=C(CCc1ccccc1)Nc1c(O)cccc1C(=O)O. The van der Waals surface area contributed by atoms with Gasteiger partial charge in [0.15, 0.2) is 0 Å². The van der Waals surface area contributed by atoms with Crippen LogP contribution in [0.4, 0.5) is 5.69 Å². The van der Waals surface area contributed by atoms with Gasteiger partial charge in [-0.2, -0.15) is 0 Å². The van der Waals surface area contributed by atoms with E-state index in [-0.39, 0.29) is 29.3 Å². The van der Waals surface area contributed by atoms with Crippen molar-refractivity contribution in [2.24, 2.45) is 0 Å². The second kappa shape index (κ2) is 6.56. The van der Waals surface area contributed by atoms with Crippen molar-refractivity contribution in [3.8, 4) is 5.75 Å². The number of carbonyl (C=O) groups is 2. The zero-order chi connectivity index (χ0) is 15.2. The van der Waals surface area contributed by atoms with Gasteiger partial charge in [-0.1, -0.05) is 36.4 Å². The van der Waals surface area contributed by atoms with E-state index in [9.17, 15) is 14.7 Å². The summed E-state index contributed by atoms with van der Waals surface area (Å²) in [7, 11) is 0. The summed E-state index contributed by atoms with van der Waals surface area (Å²) in [6.45, 7) is 0. The number of para-hydroxylation sites is 1. The first kappa shape index (κ1) is 14.6. The molecule has 2 aromatic carbocycles. The van der Waals surface area contributed by atoms with E-state index in [4.69, 9.17) is 5.11 Å². The molecule has 0 fully saturated rings. The molecule has 0 aliphatic carbocycles. The molecule has 0 atom stereocenters. The highest BCUT2D eigenvalue weighted by Crippen LogP contribution is 2.27. The summed E-state index contributed by atoms with van der Waals surface area (Å²) in [6, 6.07) is 13.6. The first-order valence-corrected chi connectivity index (χ1v) is 6.47. The van der Waals surface area contributed by atoms with Crippen LogP contribution in [0.2, 0.25) is 0 Å². The van der Waals surface area contributed by atoms with Crippen molar-refractivity contribution in [1.29, 1.82) is 0 Å². The highest BCUT2D eigenvalue weighted by Gasteiger charge is 2.15. The van der Waals surface area contributed by atoms with Crippen LogP contribution < -0.4 is 5.32 Å². The third kappa shape index (κ3) is 3.82. The molecular weight excluding hydrogens is 270 g/mol. The number of rotatable bonds is 5. The lowest BCUT2D eigenvalue weighted by atomic mass is 10.1. The average molecular weight is 285 g/mol. The second-order valence-electron chi connectivity index (χ2n) is 4.54. The smallest absolute Gasteiger partial charge is 0.337 e. The fourth-order valence-corrected chi connectivity index (χ4v) is 1.95. The van der Waals surface area contributed by atoms with Gasteiger partial charge in [0.1, 0.15) is 5.75 Å².